The van der Waals surface area contributed by atoms with Crippen LogP contribution in [0.25, 0.3) is 175 Å². The fourth-order valence-electron chi connectivity index (χ4n) is 16.0. The van der Waals surface area contributed by atoms with Crippen molar-refractivity contribution in [2.24, 2.45) is 0 Å². The van der Waals surface area contributed by atoms with Crippen molar-refractivity contribution in [1.82, 2.24) is 18.3 Å². The Hall–Kier alpha value is -12.2. The third-order valence-corrected chi connectivity index (χ3v) is 19.5. The Balaban J connectivity index is 1.21. The molecule has 4 heterocycles. The molecule has 430 valence electrons. The van der Waals surface area contributed by atoms with Gasteiger partial charge in [0, 0.05) is 59.4 Å². The minimum absolute atomic E-state index is 0.363. The van der Waals surface area contributed by atoms with Crippen LogP contribution in [-0.4, -0.2) is 18.3 Å². The molecule has 0 bridgehead atoms. The number of benzene rings is 14. The maximum atomic E-state index is 13.6. The molecule has 4 aromatic heterocycles. The Morgan fingerprint density at radius 3 is 0.924 bits per heavy atom. The summed E-state index contributed by atoms with van der Waals surface area (Å²) in [6, 6.07) is 92.8. The molecular formula is C86H56N6. The number of nitriles is 2. The first-order valence-electron chi connectivity index (χ1n) is 31.6. The lowest BCUT2D eigenvalue weighted by atomic mass is 9.95. The van der Waals surface area contributed by atoms with Gasteiger partial charge in [-0.1, -0.05) is 257 Å². The van der Waals surface area contributed by atoms with Gasteiger partial charge in [0.1, 0.15) is 23.3 Å². The quantitative estimate of drug-likeness (QED) is 0.107. The van der Waals surface area contributed by atoms with Crippen LogP contribution in [0.1, 0.15) is 49.1 Å². The molecule has 0 atom stereocenters. The highest BCUT2D eigenvalue weighted by molar-refractivity contribution is 6.36. The first-order valence-corrected chi connectivity index (χ1v) is 31.6. The van der Waals surface area contributed by atoms with E-state index in [1.807, 2.05) is 0 Å². The molecule has 0 unspecified atom stereocenters. The van der Waals surface area contributed by atoms with Crippen LogP contribution in [0.2, 0.25) is 0 Å². The average molecular weight is 1170 g/mol. The number of allylic oxidation sites excluding steroid dienone is 4. The van der Waals surface area contributed by atoms with Gasteiger partial charge in [-0.15, -0.1) is 0 Å². The zero-order chi connectivity index (χ0) is 61.6. The SMILES string of the molecule is C=C(C)c1c(C(=C)/C=C\CCC)n(-c2c(C#N)c(-n3c4ccccc4c4c5ccccc5c5ccccc5c43)c(-n3c4ccccc4c4c5ccccc5c5ccccc5c43)c(C#N)c2-n2c3ccccc3c3c4ccccc4c4ccccc4c32)c2ccccc12. The minimum Gasteiger partial charge on any atom is -0.305 e. The molecule has 18 rings (SSSR count). The largest absolute Gasteiger partial charge is 0.305 e. The van der Waals surface area contributed by atoms with E-state index in [9.17, 15) is 10.5 Å². The highest BCUT2D eigenvalue weighted by Crippen LogP contribution is 2.53. The molecule has 0 radical (unpaired) electrons. The summed E-state index contributed by atoms with van der Waals surface area (Å²) in [7, 11) is 0. The van der Waals surface area contributed by atoms with Gasteiger partial charge in [-0.25, -0.2) is 0 Å². The second-order valence-electron chi connectivity index (χ2n) is 24.4. The minimum atomic E-state index is 0.363. The predicted molar refractivity (Wildman–Crippen MR) is 389 cm³/mol. The Morgan fingerprint density at radius 2 is 0.609 bits per heavy atom. The van der Waals surface area contributed by atoms with Crippen LogP contribution in [0.3, 0.4) is 0 Å². The van der Waals surface area contributed by atoms with Gasteiger partial charge >= 0.3 is 0 Å². The van der Waals surface area contributed by atoms with E-state index >= 15 is 0 Å². The van der Waals surface area contributed by atoms with E-state index in [4.69, 9.17) is 13.2 Å². The molecule has 6 nitrogen and oxygen atoms in total. The summed E-state index contributed by atoms with van der Waals surface area (Å²) in [6.45, 7) is 14.0. The van der Waals surface area contributed by atoms with Crippen molar-refractivity contribution >= 4 is 152 Å². The van der Waals surface area contributed by atoms with E-state index in [-0.39, 0.29) is 0 Å². The van der Waals surface area contributed by atoms with Gasteiger partial charge in [0.15, 0.2) is 0 Å². The molecule has 0 N–H and O–H groups in total. The predicted octanol–water partition coefficient (Wildman–Crippen LogP) is 23.0. The normalized spacial score (nSPS) is 12.1. The molecule has 0 saturated heterocycles. The van der Waals surface area contributed by atoms with E-state index < -0.39 is 0 Å². The van der Waals surface area contributed by atoms with Crippen LogP contribution in [-0.2, 0) is 0 Å². The lowest BCUT2D eigenvalue weighted by molar-refractivity contribution is 0.958. The molecule has 0 aliphatic rings. The van der Waals surface area contributed by atoms with E-state index in [0.717, 1.165) is 176 Å². The lowest BCUT2D eigenvalue weighted by Gasteiger charge is -2.28. The van der Waals surface area contributed by atoms with Crippen molar-refractivity contribution in [3.8, 4) is 34.9 Å². The molecule has 0 fully saturated rings. The molecule has 14 aromatic carbocycles. The van der Waals surface area contributed by atoms with Crippen LogP contribution < -0.4 is 0 Å². The summed E-state index contributed by atoms with van der Waals surface area (Å²) < 4.78 is 9.36. The topological polar surface area (TPSA) is 67.3 Å². The number of nitrogens with zero attached hydrogens (tertiary/aromatic N) is 6. The summed E-state index contributed by atoms with van der Waals surface area (Å²) in [6.07, 6.45) is 6.12. The number of para-hydroxylation sites is 4. The van der Waals surface area contributed by atoms with E-state index in [1.54, 1.807) is 0 Å². The fraction of sp³-hybridized carbons (Fsp3) is 0.0465. The number of hydrogen-bond acceptors (Lipinski definition) is 2. The van der Waals surface area contributed by atoms with Crippen molar-refractivity contribution in [3.63, 3.8) is 0 Å². The number of unbranched alkanes of at least 4 members (excludes halogenated alkanes) is 1. The van der Waals surface area contributed by atoms with Gasteiger partial charge in [0.05, 0.1) is 67.1 Å². The zero-order valence-corrected chi connectivity index (χ0v) is 50.8. The van der Waals surface area contributed by atoms with Crippen molar-refractivity contribution < 1.29 is 0 Å². The maximum absolute atomic E-state index is 13.6. The Kier molecular flexibility index (Phi) is 11.6. The first-order chi connectivity index (χ1) is 45.4. The Bertz CT molecular complexity index is 6470. The first kappa shape index (κ1) is 52.9. The molecule has 6 heteroatoms. The summed E-state index contributed by atoms with van der Waals surface area (Å²) in [5.74, 6) is 0. The highest BCUT2D eigenvalue weighted by atomic mass is 15.1. The number of aromatic nitrogens is 4. The van der Waals surface area contributed by atoms with Gasteiger partial charge in [-0.05, 0) is 97.2 Å². The van der Waals surface area contributed by atoms with Crippen LogP contribution in [0.4, 0.5) is 0 Å². The molecule has 0 aliphatic heterocycles. The van der Waals surface area contributed by atoms with Gasteiger partial charge in [-0.3, -0.25) is 0 Å². The van der Waals surface area contributed by atoms with Crippen LogP contribution in [0.5, 0.6) is 0 Å². The van der Waals surface area contributed by atoms with Crippen molar-refractivity contribution in [1.29, 1.82) is 10.5 Å². The van der Waals surface area contributed by atoms with Crippen LogP contribution in [0, 0.1) is 22.7 Å². The molecular weight excluding hydrogens is 1120 g/mol. The van der Waals surface area contributed by atoms with Crippen LogP contribution >= 0.6 is 0 Å². The highest BCUT2D eigenvalue weighted by Gasteiger charge is 2.37. The summed E-state index contributed by atoms with van der Waals surface area (Å²) in [5.41, 5.74) is 12.6. The molecule has 18 aromatic rings. The third-order valence-electron chi connectivity index (χ3n) is 19.5. The van der Waals surface area contributed by atoms with Crippen molar-refractivity contribution in [2.45, 2.75) is 26.7 Å². The maximum Gasteiger partial charge on any atom is 0.104 e. The summed E-state index contributed by atoms with van der Waals surface area (Å²) >= 11 is 0. The fourth-order valence-corrected chi connectivity index (χ4v) is 16.0. The van der Waals surface area contributed by atoms with Crippen molar-refractivity contribution in [2.75, 3.05) is 0 Å². The van der Waals surface area contributed by atoms with E-state index in [0.29, 0.717) is 33.9 Å². The third kappa shape index (κ3) is 7.06. The zero-order valence-electron chi connectivity index (χ0n) is 50.8. The molecule has 0 spiro atoms. The van der Waals surface area contributed by atoms with Gasteiger partial charge in [-0.2, -0.15) is 10.5 Å². The standard InChI is InChI=1S/C86H56N6/c1-5-6-7-28-52(4)79-75(51(2)3)65-41-20-24-45-71(65)89(79)83-69(49-87)85(91-73-47-26-22-43-67(73)77-60-36-15-9-30-54(60)57-33-12-18-39-63(57)81(77)91)86(92-74-48-27-23-44-68(74)78-61-37-16-10-31-55(61)58-34-13-19-40-64(58)82(78)92)70(50-88)84(83)90-72-46-25-21-42-66(72)76-59-35-14-8-29-53(59)56-32-11-17-38-62(56)80(76)90/h7-48H,2,4-6H2,1,3H3/b28-7-. The molecule has 0 aliphatic carbocycles. The average Bonchev–Trinajstić information content (AvgIpc) is 1.46. The Labute approximate surface area is 529 Å². The second kappa shape index (κ2) is 20.2. The molecule has 0 amide bonds. The van der Waals surface area contributed by atoms with Gasteiger partial charge in [0.2, 0.25) is 0 Å². The van der Waals surface area contributed by atoms with Gasteiger partial charge in [0.25, 0.3) is 0 Å². The second-order valence-corrected chi connectivity index (χ2v) is 24.4. The number of hydrogen-bond donors (Lipinski definition) is 0. The number of fused-ring (bicyclic) bond motifs is 25. The molecule has 92 heavy (non-hydrogen) atoms. The number of rotatable bonds is 9. The lowest BCUT2D eigenvalue weighted by Crippen LogP contribution is -2.17. The summed E-state index contributed by atoms with van der Waals surface area (Å²) in [5, 5.41) is 47.2. The van der Waals surface area contributed by atoms with Crippen molar-refractivity contribution in [3.05, 3.63) is 290 Å². The van der Waals surface area contributed by atoms with E-state index in [2.05, 4.69) is 299 Å². The summed E-state index contributed by atoms with van der Waals surface area (Å²) in [4.78, 5) is 0. The smallest absolute Gasteiger partial charge is 0.104 e. The van der Waals surface area contributed by atoms with E-state index in [1.165, 1.54) is 0 Å². The van der Waals surface area contributed by atoms with Crippen LogP contribution in [0.15, 0.2) is 268 Å². The Morgan fingerprint density at radius 1 is 0.348 bits per heavy atom. The monoisotopic (exact) mass is 1170 g/mol. The molecule has 0 saturated carbocycles. The van der Waals surface area contributed by atoms with Gasteiger partial charge < -0.3 is 18.3 Å².